The number of H-pyrrole nitrogens is 1. The number of anilines is 1. The quantitative estimate of drug-likeness (QED) is 0.648. The number of carboxylic acid groups (broad SMARTS) is 1. The molecule has 1 aliphatic heterocycles. The van der Waals surface area contributed by atoms with Crippen LogP contribution in [0.25, 0.3) is 11.3 Å². The number of hydrogen-bond donors (Lipinski definition) is 4. The van der Waals surface area contributed by atoms with E-state index in [4.69, 9.17) is 5.73 Å². The molecule has 116 valence electrons. The summed E-state index contributed by atoms with van der Waals surface area (Å²) in [6, 6.07) is 4.99. The second kappa shape index (κ2) is 6.19. The van der Waals surface area contributed by atoms with Crippen LogP contribution in [0.3, 0.4) is 0 Å². The minimum Gasteiger partial charge on any atom is -0.478 e. The van der Waals surface area contributed by atoms with Crippen molar-refractivity contribution < 1.29 is 9.90 Å². The highest BCUT2D eigenvalue weighted by Gasteiger charge is 2.16. The summed E-state index contributed by atoms with van der Waals surface area (Å²) < 4.78 is 0. The molecule has 0 fully saturated rings. The molecule has 1 atom stereocenters. The first-order chi connectivity index (χ1) is 10.6. The average Bonchev–Trinajstić information content (AvgIpc) is 2.99. The molecule has 0 aliphatic carbocycles. The van der Waals surface area contributed by atoms with Crippen molar-refractivity contribution >= 4 is 11.7 Å². The zero-order valence-electron chi connectivity index (χ0n) is 12.3. The Hall–Kier alpha value is -2.34. The Balaban J connectivity index is 2.06. The van der Waals surface area contributed by atoms with Gasteiger partial charge in [-0.1, -0.05) is 12.8 Å². The molecule has 1 aromatic carbocycles. The molecular weight excluding hydrogens is 280 g/mol. The van der Waals surface area contributed by atoms with Crippen LogP contribution in [-0.2, 0) is 0 Å². The molecule has 1 aromatic heterocycles. The summed E-state index contributed by atoms with van der Waals surface area (Å²) in [6.07, 6.45) is 5.86. The Morgan fingerprint density at radius 1 is 1.32 bits per heavy atom. The number of aromatic nitrogens is 2. The Kier molecular flexibility index (Phi) is 4.11. The lowest BCUT2D eigenvalue weighted by molar-refractivity contribution is 0.0697. The van der Waals surface area contributed by atoms with E-state index in [2.05, 4.69) is 15.3 Å². The molecule has 6 nitrogen and oxygen atoms in total. The molecule has 0 amide bonds. The van der Waals surface area contributed by atoms with Gasteiger partial charge in [-0.25, -0.2) is 9.78 Å². The first-order valence-electron chi connectivity index (χ1n) is 7.57. The van der Waals surface area contributed by atoms with Gasteiger partial charge in [0.1, 0.15) is 5.82 Å². The van der Waals surface area contributed by atoms with Gasteiger partial charge >= 0.3 is 5.97 Å². The molecule has 0 unspecified atom stereocenters. The van der Waals surface area contributed by atoms with Crippen molar-refractivity contribution in [2.45, 2.75) is 31.7 Å². The van der Waals surface area contributed by atoms with E-state index in [0.29, 0.717) is 0 Å². The first-order valence-corrected chi connectivity index (χ1v) is 7.57. The fourth-order valence-corrected chi connectivity index (χ4v) is 2.74. The van der Waals surface area contributed by atoms with E-state index in [-0.39, 0.29) is 11.6 Å². The Bertz CT molecular complexity index is 681. The van der Waals surface area contributed by atoms with Gasteiger partial charge in [-0.15, -0.1) is 0 Å². The van der Waals surface area contributed by atoms with E-state index in [1.54, 1.807) is 18.3 Å². The molecule has 0 radical (unpaired) electrons. The molecule has 0 saturated carbocycles. The van der Waals surface area contributed by atoms with Gasteiger partial charge in [0, 0.05) is 17.8 Å². The molecule has 22 heavy (non-hydrogen) atoms. The number of hydrogen-bond acceptors (Lipinski definition) is 4. The third-order valence-corrected chi connectivity index (χ3v) is 4.01. The smallest absolute Gasteiger partial charge is 0.335 e. The van der Waals surface area contributed by atoms with Crippen molar-refractivity contribution in [3.05, 3.63) is 35.8 Å². The number of rotatable bonds is 1. The average molecular weight is 300 g/mol. The fraction of sp³-hybridized carbons (Fsp3) is 0.375. The van der Waals surface area contributed by atoms with Crippen LogP contribution in [0.15, 0.2) is 24.4 Å². The first kappa shape index (κ1) is 14.6. The number of nitrogens with zero attached hydrogens (tertiary/aromatic N) is 1. The maximum absolute atomic E-state index is 11.2. The molecule has 2 bridgehead atoms. The van der Waals surface area contributed by atoms with Crippen LogP contribution >= 0.6 is 0 Å². The minimum atomic E-state index is -0.939. The summed E-state index contributed by atoms with van der Waals surface area (Å²) >= 11 is 0. The molecule has 1 aliphatic rings. The highest BCUT2D eigenvalue weighted by Crippen LogP contribution is 2.30. The van der Waals surface area contributed by atoms with Crippen molar-refractivity contribution in [2.24, 2.45) is 5.73 Å². The molecule has 6 heteroatoms. The van der Waals surface area contributed by atoms with Gasteiger partial charge in [-0.05, 0) is 31.0 Å². The van der Waals surface area contributed by atoms with Crippen molar-refractivity contribution in [3.63, 3.8) is 0 Å². The fourth-order valence-electron chi connectivity index (χ4n) is 2.74. The third-order valence-electron chi connectivity index (χ3n) is 4.01. The summed E-state index contributed by atoms with van der Waals surface area (Å²) in [5.41, 5.74) is 8.93. The highest BCUT2D eigenvalue weighted by molar-refractivity contribution is 5.91. The molecule has 5 N–H and O–H groups in total. The van der Waals surface area contributed by atoms with Crippen LogP contribution in [0.5, 0.6) is 0 Å². The molecule has 0 spiro atoms. The van der Waals surface area contributed by atoms with Gasteiger partial charge in [-0.2, -0.15) is 0 Å². The highest BCUT2D eigenvalue weighted by atomic mass is 16.4. The molecule has 0 saturated heterocycles. The number of aromatic amines is 1. The maximum Gasteiger partial charge on any atom is 0.335 e. The van der Waals surface area contributed by atoms with Crippen LogP contribution < -0.4 is 11.1 Å². The van der Waals surface area contributed by atoms with Gasteiger partial charge in [0.2, 0.25) is 0 Å². The van der Waals surface area contributed by atoms with Crippen LogP contribution in [0.4, 0.5) is 5.69 Å². The van der Waals surface area contributed by atoms with Crippen LogP contribution in [0.2, 0.25) is 0 Å². The summed E-state index contributed by atoms with van der Waals surface area (Å²) in [5.74, 6) is -0.187. The normalized spacial score (nSPS) is 18.5. The minimum absolute atomic E-state index is 0.104. The standard InChI is InChI=1S/C16H20N4O2/c17-12-4-2-1-3-7-18-13-6-5-10(16(21)22)8-11(13)14-9-19-15(12)20-14/h5-6,8-9,12,18H,1-4,7,17H2,(H,19,20)(H,21,22)/t12-/m0/s1. The summed E-state index contributed by atoms with van der Waals surface area (Å²) in [4.78, 5) is 18.8. The zero-order valence-corrected chi connectivity index (χ0v) is 12.3. The number of carbonyl (C=O) groups is 1. The van der Waals surface area contributed by atoms with Crippen LogP contribution in [0.1, 0.15) is 47.9 Å². The van der Waals surface area contributed by atoms with Crippen molar-refractivity contribution in [2.75, 3.05) is 11.9 Å². The lowest BCUT2D eigenvalue weighted by Gasteiger charge is -2.14. The molecule has 2 aromatic rings. The Morgan fingerprint density at radius 2 is 2.18 bits per heavy atom. The van der Waals surface area contributed by atoms with Crippen molar-refractivity contribution in [1.29, 1.82) is 0 Å². The monoisotopic (exact) mass is 300 g/mol. The van der Waals surface area contributed by atoms with E-state index < -0.39 is 5.97 Å². The summed E-state index contributed by atoms with van der Waals surface area (Å²) in [7, 11) is 0. The second-order valence-corrected chi connectivity index (χ2v) is 5.63. The van der Waals surface area contributed by atoms with Crippen LogP contribution in [0, 0.1) is 0 Å². The Labute approximate surface area is 128 Å². The van der Waals surface area contributed by atoms with E-state index in [9.17, 15) is 9.90 Å². The molecular formula is C16H20N4O2. The third kappa shape index (κ3) is 2.96. The summed E-state index contributed by atoms with van der Waals surface area (Å²) in [6.45, 7) is 0.857. The SMILES string of the molecule is N[C@H]1CCCCCNc2ccc(C(=O)O)cc2-c2cnc1[nH]2. The number of aromatic carboxylic acids is 1. The zero-order chi connectivity index (χ0) is 15.5. The molecule has 3 rings (SSSR count). The lowest BCUT2D eigenvalue weighted by Crippen LogP contribution is -2.12. The van der Waals surface area contributed by atoms with E-state index >= 15 is 0 Å². The lowest BCUT2D eigenvalue weighted by atomic mass is 10.0. The number of fused-ring (bicyclic) bond motifs is 4. The number of imidazole rings is 1. The van der Waals surface area contributed by atoms with E-state index in [0.717, 1.165) is 55.0 Å². The largest absolute Gasteiger partial charge is 0.478 e. The molecule has 2 heterocycles. The number of carboxylic acids is 1. The van der Waals surface area contributed by atoms with Gasteiger partial charge in [0.15, 0.2) is 0 Å². The maximum atomic E-state index is 11.2. The number of benzene rings is 1. The van der Waals surface area contributed by atoms with Gasteiger partial charge in [0.05, 0.1) is 23.5 Å². The summed E-state index contributed by atoms with van der Waals surface area (Å²) in [5, 5.41) is 12.6. The predicted molar refractivity (Wildman–Crippen MR) is 84.9 cm³/mol. The number of nitrogens with two attached hydrogens (primary N) is 1. The van der Waals surface area contributed by atoms with Crippen molar-refractivity contribution in [1.82, 2.24) is 9.97 Å². The van der Waals surface area contributed by atoms with Gasteiger partial charge < -0.3 is 21.1 Å². The van der Waals surface area contributed by atoms with Gasteiger partial charge in [-0.3, -0.25) is 0 Å². The predicted octanol–water partition coefficient (Wildman–Crippen LogP) is 2.76. The van der Waals surface area contributed by atoms with Gasteiger partial charge in [0.25, 0.3) is 0 Å². The Morgan fingerprint density at radius 3 is 3.00 bits per heavy atom. The van der Waals surface area contributed by atoms with Crippen LogP contribution in [-0.4, -0.2) is 27.6 Å². The second-order valence-electron chi connectivity index (χ2n) is 5.63. The van der Waals surface area contributed by atoms with E-state index in [1.807, 2.05) is 6.07 Å². The van der Waals surface area contributed by atoms with E-state index in [1.165, 1.54) is 0 Å². The topological polar surface area (TPSA) is 104 Å². The number of nitrogens with one attached hydrogen (secondary N) is 2. The van der Waals surface area contributed by atoms with Crippen molar-refractivity contribution in [3.8, 4) is 11.3 Å².